The summed E-state index contributed by atoms with van der Waals surface area (Å²) >= 11 is 0. The molecule has 6 aromatic carbocycles. The Balaban J connectivity index is 1.40. The zero-order valence-corrected chi connectivity index (χ0v) is 27.0. The summed E-state index contributed by atoms with van der Waals surface area (Å²) < 4.78 is 25.0. The van der Waals surface area contributed by atoms with Gasteiger partial charge in [-0.05, 0) is 114 Å². The number of benzene rings is 6. The molecule has 0 spiro atoms. The summed E-state index contributed by atoms with van der Waals surface area (Å²) in [6.07, 6.45) is -0.00571. The minimum absolute atomic E-state index is 0.0826. The molecule has 0 amide bonds. The standard InChI is InChI=1S/C44H34N2O2/c1-27-19-28(2)41(29(3)20-27)35-24-32-13-10-18-45-42(32)38(26-35)34-23-31(21-30-11-5-4-6-12-30)22-33(25-34)36-15-9-17-40-43(36)46-44(48-40)37-14-7-8-16-39(37)47/h4-20,22-26,47H,21H2,1-3H3/i21D2. The fourth-order valence-electron chi connectivity index (χ4n) is 6.84. The summed E-state index contributed by atoms with van der Waals surface area (Å²) in [6.45, 7) is 6.42. The van der Waals surface area contributed by atoms with Crippen LogP contribution in [0.15, 0.2) is 138 Å². The average Bonchev–Trinajstić information content (AvgIpc) is 3.56. The maximum Gasteiger partial charge on any atom is 0.231 e. The third kappa shape index (κ3) is 5.41. The van der Waals surface area contributed by atoms with Gasteiger partial charge in [0.25, 0.3) is 0 Å². The minimum Gasteiger partial charge on any atom is -0.507 e. The number of aromatic hydroxyl groups is 1. The van der Waals surface area contributed by atoms with Crippen molar-refractivity contribution in [2.45, 2.75) is 27.1 Å². The molecule has 1 N–H and O–H groups in total. The Morgan fingerprint density at radius 3 is 2.15 bits per heavy atom. The van der Waals surface area contributed by atoms with Crippen LogP contribution in [0.25, 0.3) is 66.8 Å². The highest BCUT2D eigenvalue weighted by molar-refractivity contribution is 6.00. The van der Waals surface area contributed by atoms with E-state index in [9.17, 15) is 7.85 Å². The highest BCUT2D eigenvalue weighted by Crippen LogP contribution is 2.40. The van der Waals surface area contributed by atoms with Gasteiger partial charge >= 0.3 is 0 Å². The van der Waals surface area contributed by atoms with Crippen LogP contribution in [-0.2, 0) is 6.37 Å². The molecule has 48 heavy (non-hydrogen) atoms. The first-order valence-electron chi connectivity index (χ1n) is 17.0. The molecule has 4 nitrogen and oxygen atoms in total. The number of phenols is 1. The van der Waals surface area contributed by atoms with Crippen molar-refractivity contribution in [1.29, 1.82) is 0 Å². The zero-order valence-electron chi connectivity index (χ0n) is 29.0. The average molecular weight is 625 g/mol. The first-order chi connectivity index (χ1) is 24.2. The Kier molecular flexibility index (Phi) is 6.77. The second kappa shape index (κ2) is 12.0. The monoisotopic (exact) mass is 624 g/mol. The Hall–Kier alpha value is -6.00. The fraction of sp³-hybridized carbons (Fsp3) is 0.0909. The molecule has 8 rings (SSSR count). The molecule has 2 aromatic heterocycles. The van der Waals surface area contributed by atoms with Crippen molar-refractivity contribution in [2.24, 2.45) is 0 Å². The van der Waals surface area contributed by atoms with E-state index in [-0.39, 0.29) is 5.75 Å². The predicted molar refractivity (Wildman–Crippen MR) is 196 cm³/mol. The molecule has 4 heteroatoms. The van der Waals surface area contributed by atoms with Crippen LogP contribution < -0.4 is 0 Å². The van der Waals surface area contributed by atoms with E-state index < -0.39 is 6.37 Å². The van der Waals surface area contributed by atoms with Crippen LogP contribution in [0.5, 0.6) is 5.75 Å². The van der Waals surface area contributed by atoms with E-state index in [2.05, 4.69) is 57.2 Å². The molecule has 8 aromatic rings. The Labute approximate surface area is 282 Å². The lowest BCUT2D eigenvalue weighted by Crippen LogP contribution is -1.95. The van der Waals surface area contributed by atoms with Crippen molar-refractivity contribution in [3.63, 3.8) is 0 Å². The maximum absolute atomic E-state index is 10.6. The van der Waals surface area contributed by atoms with Crippen LogP contribution in [0.4, 0.5) is 0 Å². The predicted octanol–water partition coefficient (Wildman–Crippen LogP) is 11.3. The number of aromatic nitrogens is 2. The van der Waals surface area contributed by atoms with Crippen molar-refractivity contribution in [2.75, 3.05) is 0 Å². The molecule has 0 aliphatic heterocycles. The zero-order chi connectivity index (χ0) is 34.6. The Morgan fingerprint density at radius 2 is 1.35 bits per heavy atom. The van der Waals surface area contributed by atoms with Crippen molar-refractivity contribution in [1.82, 2.24) is 9.97 Å². The van der Waals surface area contributed by atoms with Gasteiger partial charge in [-0.3, -0.25) is 4.98 Å². The molecule has 232 valence electrons. The topological polar surface area (TPSA) is 59.2 Å². The number of oxazole rings is 1. The molecule has 0 atom stereocenters. The SMILES string of the molecule is [2H]C([2H])(c1ccccc1)c1cc(-c2cc(-c3c(C)cc(C)cc3C)cc3cccnc23)cc(-c2cccc3oc(-c4ccccc4O)nc23)c1. The molecule has 0 aliphatic carbocycles. The van der Waals surface area contributed by atoms with Crippen LogP contribution in [0.2, 0.25) is 0 Å². The molecule has 0 fully saturated rings. The van der Waals surface area contributed by atoms with Gasteiger partial charge in [-0.1, -0.05) is 90.5 Å². The second-order valence-corrected chi connectivity index (χ2v) is 12.4. The second-order valence-electron chi connectivity index (χ2n) is 12.4. The number of nitrogens with zero attached hydrogens (tertiary/aromatic N) is 2. The van der Waals surface area contributed by atoms with Crippen LogP contribution in [0, 0.1) is 20.8 Å². The van der Waals surface area contributed by atoms with Gasteiger partial charge < -0.3 is 9.52 Å². The van der Waals surface area contributed by atoms with Gasteiger partial charge in [-0.25, -0.2) is 4.98 Å². The smallest absolute Gasteiger partial charge is 0.231 e. The molecular weight excluding hydrogens is 588 g/mol. The van der Waals surface area contributed by atoms with Crippen LogP contribution in [0.1, 0.15) is 30.6 Å². The molecule has 2 heterocycles. The molecular formula is C44H34N2O2. The lowest BCUT2D eigenvalue weighted by molar-refractivity contribution is 0.474. The fourth-order valence-corrected chi connectivity index (χ4v) is 6.84. The summed E-state index contributed by atoms with van der Waals surface area (Å²) in [7, 11) is 0. The highest BCUT2D eigenvalue weighted by Gasteiger charge is 2.18. The number of para-hydroxylation sites is 2. The summed E-state index contributed by atoms with van der Waals surface area (Å²) in [5.41, 5.74) is 12.8. The van der Waals surface area contributed by atoms with Gasteiger partial charge in [0, 0.05) is 25.5 Å². The van der Waals surface area contributed by atoms with Crippen LogP contribution in [0.3, 0.4) is 0 Å². The number of pyridine rings is 1. The van der Waals surface area contributed by atoms with Gasteiger partial charge in [0.2, 0.25) is 5.89 Å². The Morgan fingerprint density at radius 1 is 0.625 bits per heavy atom. The highest BCUT2D eigenvalue weighted by atomic mass is 16.3. The van der Waals surface area contributed by atoms with Gasteiger partial charge in [0.15, 0.2) is 5.58 Å². The van der Waals surface area contributed by atoms with Gasteiger partial charge in [-0.2, -0.15) is 0 Å². The first-order valence-corrected chi connectivity index (χ1v) is 16.0. The third-order valence-corrected chi connectivity index (χ3v) is 8.84. The van der Waals surface area contributed by atoms with Crippen molar-refractivity contribution < 1.29 is 12.3 Å². The van der Waals surface area contributed by atoms with Crippen molar-refractivity contribution in [3.05, 3.63) is 161 Å². The van der Waals surface area contributed by atoms with Gasteiger partial charge in [0.1, 0.15) is 11.3 Å². The molecule has 0 bridgehead atoms. The normalized spacial score (nSPS) is 12.3. The number of fused-ring (bicyclic) bond motifs is 2. The van der Waals surface area contributed by atoms with Crippen molar-refractivity contribution >= 4 is 22.0 Å². The lowest BCUT2D eigenvalue weighted by atomic mass is 9.88. The van der Waals surface area contributed by atoms with E-state index >= 15 is 0 Å². The maximum atomic E-state index is 10.6. The van der Waals surface area contributed by atoms with E-state index in [1.54, 1.807) is 24.4 Å². The van der Waals surface area contributed by atoms with E-state index in [4.69, 9.17) is 14.4 Å². The van der Waals surface area contributed by atoms with E-state index in [1.807, 2.05) is 72.8 Å². The molecule has 0 unspecified atom stereocenters. The first kappa shape index (κ1) is 27.1. The minimum atomic E-state index is -1.81. The molecule has 0 radical (unpaired) electrons. The lowest BCUT2D eigenvalue weighted by Gasteiger charge is -2.17. The van der Waals surface area contributed by atoms with Crippen LogP contribution >= 0.6 is 0 Å². The number of hydrogen-bond acceptors (Lipinski definition) is 4. The largest absolute Gasteiger partial charge is 0.507 e. The van der Waals surface area contributed by atoms with E-state index in [0.29, 0.717) is 33.7 Å². The van der Waals surface area contributed by atoms with E-state index in [0.717, 1.165) is 38.7 Å². The summed E-state index contributed by atoms with van der Waals surface area (Å²) in [5, 5.41) is 11.6. The van der Waals surface area contributed by atoms with E-state index in [1.165, 1.54) is 22.3 Å². The summed E-state index contributed by atoms with van der Waals surface area (Å²) in [4.78, 5) is 9.72. The number of aryl methyl sites for hydroxylation is 3. The van der Waals surface area contributed by atoms with Crippen molar-refractivity contribution in [3.8, 4) is 50.6 Å². The van der Waals surface area contributed by atoms with Gasteiger partial charge in [-0.15, -0.1) is 0 Å². The third-order valence-electron chi connectivity index (χ3n) is 8.84. The Bertz CT molecular complexity index is 2550. The summed E-state index contributed by atoms with van der Waals surface area (Å²) in [5.74, 6) is 0.396. The number of phenolic OH excluding ortho intramolecular Hbond substituents is 1. The molecule has 0 aliphatic rings. The number of hydrogen-bond donors (Lipinski definition) is 1. The molecule has 0 saturated carbocycles. The van der Waals surface area contributed by atoms with Crippen LogP contribution in [-0.4, -0.2) is 15.1 Å². The van der Waals surface area contributed by atoms with Gasteiger partial charge in [0.05, 0.1) is 11.1 Å². The summed E-state index contributed by atoms with van der Waals surface area (Å²) in [6, 6.07) is 40.8. The number of rotatable bonds is 6. The quantitative estimate of drug-likeness (QED) is 0.200. The molecule has 0 saturated heterocycles.